The quantitative estimate of drug-likeness (QED) is 0.821. The van der Waals surface area contributed by atoms with E-state index < -0.39 is 0 Å². The summed E-state index contributed by atoms with van der Waals surface area (Å²) < 4.78 is 19.8. The molecular weight excluding hydrogens is 245 g/mol. The average molecular weight is 263 g/mol. The molecule has 1 amide bonds. The van der Waals surface area contributed by atoms with Gasteiger partial charge in [-0.1, -0.05) is 19.9 Å². The second-order valence-electron chi connectivity index (χ2n) is 5.64. The van der Waals surface area contributed by atoms with Gasteiger partial charge in [0.25, 0.3) is 5.91 Å². The molecule has 1 aromatic rings. The molecule has 2 bridgehead atoms. The number of nitrogens with zero attached hydrogens (tertiary/aromatic N) is 1. The Bertz CT molecular complexity index is 515. The summed E-state index contributed by atoms with van der Waals surface area (Å²) in [6, 6.07) is 5.14. The predicted molar refractivity (Wildman–Crippen MR) is 70.7 cm³/mol. The van der Waals surface area contributed by atoms with E-state index in [1.165, 1.54) is 6.07 Å². The number of hydrogen-bond acceptors (Lipinski definition) is 2. The van der Waals surface area contributed by atoms with Gasteiger partial charge in [0, 0.05) is 0 Å². The Labute approximate surface area is 112 Å². The van der Waals surface area contributed by atoms with Crippen molar-refractivity contribution in [3.8, 4) is 0 Å². The molecule has 2 atom stereocenters. The molecule has 4 heteroatoms. The van der Waals surface area contributed by atoms with E-state index >= 15 is 0 Å². The molecule has 102 valence electrons. The number of rotatable bonds is 2. The summed E-state index contributed by atoms with van der Waals surface area (Å²) in [5.74, 6) is -0.147. The van der Waals surface area contributed by atoms with Crippen LogP contribution >= 0.6 is 0 Å². The number of fused-ring (bicyclic) bond motifs is 2. The lowest BCUT2D eigenvalue weighted by Gasteiger charge is -2.32. The smallest absolute Gasteiger partial charge is 0.256 e. The highest BCUT2D eigenvalue weighted by Crippen LogP contribution is 2.32. The number of benzene rings is 1. The van der Waals surface area contributed by atoms with Crippen molar-refractivity contribution in [2.75, 3.05) is 11.4 Å². The van der Waals surface area contributed by atoms with E-state index in [9.17, 15) is 9.18 Å². The van der Waals surface area contributed by atoms with Gasteiger partial charge in [0.05, 0.1) is 18.3 Å². The minimum Gasteiger partial charge on any atom is -0.363 e. The molecule has 2 unspecified atom stereocenters. The van der Waals surface area contributed by atoms with E-state index in [-0.39, 0.29) is 29.9 Å². The van der Waals surface area contributed by atoms with E-state index in [1.807, 2.05) is 19.9 Å². The van der Waals surface area contributed by atoms with E-state index in [0.29, 0.717) is 12.2 Å². The summed E-state index contributed by atoms with van der Waals surface area (Å²) in [4.78, 5) is 13.7. The minimum absolute atomic E-state index is 0.0619. The highest BCUT2D eigenvalue weighted by atomic mass is 19.1. The molecule has 2 saturated heterocycles. The fraction of sp³-hybridized carbons (Fsp3) is 0.533. The van der Waals surface area contributed by atoms with E-state index in [2.05, 4.69) is 0 Å². The lowest BCUT2D eigenvalue weighted by molar-refractivity contribution is -0.133. The number of amides is 1. The monoisotopic (exact) mass is 263 g/mol. The highest BCUT2D eigenvalue weighted by molar-refractivity contribution is 5.97. The molecule has 3 rings (SSSR count). The first-order valence-electron chi connectivity index (χ1n) is 6.82. The van der Waals surface area contributed by atoms with Crippen LogP contribution in [0.2, 0.25) is 0 Å². The second kappa shape index (κ2) is 4.60. The number of halogens is 1. The zero-order valence-electron chi connectivity index (χ0n) is 11.2. The summed E-state index contributed by atoms with van der Waals surface area (Å²) >= 11 is 0. The molecule has 2 aliphatic rings. The Morgan fingerprint density at radius 1 is 1.37 bits per heavy atom. The van der Waals surface area contributed by atoms with Gasteiger partial charge in [-0.15, -0.1) is 0 Å². The molecular formula is C15H18FNO2. The fourth-order valence-corrected chi connectivity index (χ4v) is 2.81. The molecule has 1 aromatic carbocycles. The zero-order chi connectivity index (χ0) is 13.6. The molecule has 0 aromatic heterocycles. The standard InChI is InChI=1S/C15H18FNO2/c1-9(2)10-3-5-13(12(16)7-10)17-8-11-4-6-14(19-11)15(17)18/h3,5,7,9,11,14H,4,6,8H2,1-2H3. The van der Waals surface area contributed by atoms with E-state index in [1.54, 1.807) is 11.0 Å². The molecule has 3 nitrogen and oxygen atoms in total. The van der Waals surface area contributed by atoms with E-state index in [4.69, 9.17) is 4.74 Å². The van der Waals surface area contributed by atoms with Crippen LogP contribution < -0.4 is 4.90 Å². The SMILES string of the molecule is CC(C)c1ccc(N2CC3CCC(O3)C2=O)c(F)c1. The van der Waals surface area contributed by atoms with Crippen molar-refractivity contribution in [2.45, 2.75) is 44.8 Å². The Kier molecular flexibility index (Phi) is 3.05. The number of ether oxygens (including phenoxy) is 1. The van der Waals surface area contributed by atoms with Crippen LogP contribution in [0, 0.1) is 5.82 Å². The van der Waals surface area contributed by atoms with Crippen LogP contribution in [0.25, 0.3) is 0 Å². The maximum Gasteiger partial charge on any atom is 0.256 e. The summed E-state index contributed by atoms with van der Waals surface area (Å²) in [5.41, 5.74) is 1.33. The molecule has 0 saturated carbocycles. The molecule has 2 heterocycles. The maximum atomic E-state index is 14.2. The van der Waals surface area contributed by atoms with Crippen molar-refractivity contribution < 1.29 is 13.9 Å². The number of hydrogen-bond donors (Lipinski definition) is 0. The first-order valence-corrected chi connectivity index (χ1v) is 6.82. The van der Waals surface area contributed by atoms with Crippen LogP contribution in [0.1, 0.15) is 38.2 Å². The second-order valence-corrected chi connectivity index (χ2v) is 5.64. The third-order valence-corrected chi connectivity index (χ3v) is 3.96. The van der Waals surface area contributed by atoms with Crippen LogP contribution in [0.4, 0.5) is 10.1 Å². The Hall–Kier alpha value is -1.42. The summed E-state index contributed by atoms with van der Waals surface area (Å²) in [6.07, 6.45) is 1.33. The lowest BCUT2D eigenvalue weighted by atomic mass is 10.0. The first-order chi connectivity index (χ1) is 9.06. The Morgan fingerprint density at radius 2 is 2.16 bits per heavy atom. The molecule has 0 aliphatic carbocycles. The molecule has 0 spiro atoms. The molecule has 0 N–H and O–H groups in total. The fourth-order valence-electron chi connectivity index (χ4n) is 2.81. The maximum absolute atomic E-state index is 14.2. The van der Waals surface area contributed by atoms with Gasteiger partial charge in [0.2, 0.25) is 0 Å². The summed E-state index contributed by atoms with van der Waals surface area (Å²) in [6.45, 7) is 4.51. The Balaban J connectivity index is 1.92. The van der Waals surface area contributed by atoms with Gasteiger partial charge in [0.1, 0.15) is 11.9 Å². The first kappa shape index (κ1) is 12.6. The number of morpholine rings is 1. The van der Waals surface area contributed by atoms with Crippen LogP contribution in [0.3, 0.4) is 0 Å². The predicted octanol–water partition coefficient (Wildman–Crippen LogP) is 2.84. The van der Waals surface area contributed by atoms with Crippen molar-refractivity contribution in [3.05, 3.63) is 29.6 Å². The van der Waals surface area contributed by atoms with Crippen LogP contribution in [0.5, 0.6) is 0 Å². The average Bonchev–Trinajstić information content (AvgIpc) is 2.78. The van der Waals surface area contributed by atoms with Crippen LogP contribution in [-0.4, -0.2) is 24.7 Å². The Morgan fingerprint density at radius 3 is 2.84 bits per heavy atom. The number of carbonyl (C=O) groups is 1. The van der Waals surface area contributed by atoms with Crippen LogP contribution in [0.15, 0.2) is 18.2 Å². The zero-order valence-corrected chi connectivity index (χ0v) is 11.2. The normalized spacial score (nSPS) is 26.3. The van der Waals surface area contributed by atoms with Crippen molar-refractivity contribution in [1.82, 2.24) is 0 Å². The van der Waals surface area contributed by atoms with Gasteiger partial charge in [-0.2, -0.15) is 0 Å². The van der Waals surface area contributed by atoms with Gasteiger partial charge in [-0.3, -0.25) is 4.79 Å². The molecule has 19 heavy (non-hydrogen) atoms. The number of carbonyl (C=O) groups excluding carboxylic acids is 1. The van der Waals surface area contributed by atoms with Gasteiger partial charge < -0.3 is 9.64 Å². The lowest BCUT2D eigenvalue weighted by Crippen LogP contribution is -2.48. The largest absolute Gasteiger partial charge is 0.363 e. The van der Waals surface area contributed by atoms with Crippen molar-refractivity contribution in [3.63, 3.8) is 0 Å². The van der Waals surface area contributed by atoms with Gasteiger partial charge >= 0.3 is 0 Å². The molecule has 2 aliphatic heterocycles. The summed E-state index contributed by atoms with van der Waals surface area (Å²) in [5, 5.41) is 0. The summed E-state index contributed by atoms with van der Waals surface area (Å²) in [7, 11) is 0. The number of anilines is 1. The van der Waals surface area contributed by atoms with Crippen molar-refractivity contribution in [2.24, 2.45) is 0 Å². The van der Waals surface area contributed by atoms with Gasteiger partial charge in [-0.25, -0.2) is 4.39 Å². The van der Waals surface area contributed by atoms with Crippen molar-refractivity contribution >= 4 is 11.6 Å². The highest BCUT2D eigenvalue weighted by Gasteiger charge is 2.41. The van der Waals surface area contributed by atoms with Gasteiger partial charge in [-0.05, 0) is 36.5 Å². The third-order valence-electron chi connectivity index (χ3n) is 3.96. The third kappa shape index (κ3) is 2.14. The van der Waals surface area contributed by atoms with Crippen molar-refractivity contribution in [1.29, 1.82) is 0 Å². The molecule has 2 fully saturated rings. The van der Waals surface area contributed by atoms with Gasteiger partial charge in [0.15, 0.2) is 0 Å². The topological polar surface area (TPSA) is 29.5 Å². The minimum atomic E-state index is -0.372. The van der Waals surface area contributed by atoms with E-state index in [0.717, 1.165) is 18.4 Å². The molecule has 0 radical (unpaired) electrons. The van der Waals surface area contributed by atoms with Crippen LogP contribution in [-0.2, 0) is 9.53 Å².